The lowest BCUT2D eigenvalue weighted by atomic mass is 10.1. The fourth-order valence-electron chi connectivity index (χ4n) is 2.61. The summed E-state index contributed by atoms with van der Waals surface area (Å²) in [5, 5.41) is 0.393. The van der Waals surface area contributed by atoms with Crippen molar-refractivity contribution in [1.29, 1.82) is 0 Å². The zero-order valence-electron chi connectivity index (χ0n) is 14.3. The maximum Gasteiger partial charge on any atom is 0.308 e. The van der Waals surface area contributed by atoms with Crippen molar-refractivity contribution in [3.8, 4) is 17.2 Å². The molecule has 0 spiro atoms. The fourth-order valence-corrected chi connectivity index (χ4v) is 2.61. The van der Waals surface area contributed by atoms with E-state index in [1.54, 1.807) is 31.2 Å². The Balaban J connectivity index is 2.15. The van der Waals surface area contributed by atoms with Gasteiger partial charge in [0.15, 0.2) is 0 Å². The number of esters is 1. The number of fused-ring (bicyclic) bond motifs is 1. The van der Waals surface area contributed by atoms with Crippen molar-refractivity contribution < 1.29 is 18.7 Å². The SMILES string of the molecule is CCc1cc2c(=O)c(Oc3ccccc3)c(C)oc2cc1OC(C)=O. The Morgan fingerprint density at radius 2 is 1.88 bits per heavy atom. The van der Waals surface area contributed by atoms with Gasteiger partial charge in [0.1, 0.15) is 22.8 Å². The summed E-state index contributed by atoms with van der Waals surface area (Å²) >= 11 is 0. The molecule has 25 heavy (non-hydrogen) atoms. The molecule has 0 amide bonds. The zero-order valence-corrected chi connectivity index (χ0v) is 14.3. The molecule has 0 atom stereocenters. The average molecular weight is 338 g/mol. The van der Waals surface area contributed by atoms with E-state index < -0.39 is 5.97 Å². The van der Waals surface area contributed by atoms with Crippen molar-refractivity contribution in [2.24, 2.45) is 0 Å². The standard InChI is InChI=1S/C20H18O5/c1-4-14-10-16-18(11-17(14)24-13(3)21)23-12(2)20(19(16)22)25-15-8-6-5-7-9-15/h5-11H,4H2,1-3H3. The van der Waals surface area contributed by atoms with Gasteiger partial charge in [-0.2, -0.15) is 0 Å². The third kappa shape index (κ3) is 3.40. The molecule has 5 heteroatoms. The summed E-state index contributed by atoms with van der Waals surface area (Å²) in [4.78, 5) is 24.1. The molecule has 0 bridgehead atoms. The van der Waals surface area contributed by atoms with E-state index in [1.165, 1.54) is 6.92 Å². The Morgan fingerprint density at radius 3 is 2.52 bits per heavy atom. The van der Waals surface area contributed by atoms with Crippen LogP contribution in [0.5, 0.6) is 17.2 Å². The minimum Gasteiger partial charge on any atom is -0.457 e. The number of carbonyl (C=O) groups excluding carboxylic acids is 1. The van der Waals surface area contributed by atoms with Gasteiger partial charge in [0.05, 0.1) is 5.39 Å². The fraction of sp³-hybridized carbons (Fsp3) is 0.200. The van der Waals surface area contributed by atoms with E-state index in [-0.39, 0.29) is 11.2 Å². The Kier molecular flexibility index (Phi) is 4.57. The Morgan fingerprint density at radius 1 is 1.16 bits per heavy atom. The van der Waals surface area contributed by atoms with Crippen molar-refractivity contribution >= 4 is 16.9 Å². The lowest BCUT2D eigenvalue weighted by Gasteiger charge is -2.12. The van der Waals surface area contributed by atoms with Crippen LogP contribution in [0.2, 0.25) is 0 Å². The van der Waals surface area contributed by atoms with E-state index in [2.05, 4.69) is 0 Å². The van der Waals surface area contributed by atoms with Crippen LogP contribution < -0.4 is 14.9 Å². The quantitative estimate of drug-likeness (QED) is 0.522. The molecule has 0 aliphatic carbocycles. The van der Waals surface area contributed by atoms with E-state index >= 15 is 0 Å². The number of aryl methyl sites for hydroxylation is 2. The zero-order chi connectivity index (χ0) is 18.0. The van der Waals surface area contributed by atoms with Gasteiger partial charge in [0.25, 0.3) is 0 Å². The number of carbonyl (C=O) groups is 1. The summed E-state index contributed by atoms with van der Waals surface area (Å²) in [6, 6.07) is 12.3. The second-order valence-electron chi connectivity index (χ2n) is 5.63. The first kappa shape index (κ1) is 16.8. The highest BCUT2D eigenvalue weighted by Gasteiger charge is 2.17. The van der Waals surface area contributed by atoms with Crippen molar-refractivity contribution in [3.05, 3.63) is 64.0 Å². The molecule has 2 aromatic carbocycles. The molecule has 0 fully saturated rings. The molecule has 1 aromatic heterocycles. The van der Waals surface area contributed by atoms with Gasteiger partial charge in [-0.25, -0.2) is 0 Å². The summed E-state index contributed by atoms with van der Waals surface area (Å²) in [5.74, 6) is 1.06. The molecule has 3 aromatic rings. The highest BCUT2D eigenvalue weighted by atomic mass is 16.5. The molecule has 3 rings (SSSR count). The summed E-state index contributed by atoms with van der Waals surface area (Å²) in [5.41, 5.74) is 0.854. The number of para-hydroxylation sites is 1. The maximum absolute atomic E-state index is 12.9. The summed E-state index contributed by atoms with van der Waals surface area (Å²) in [6.45, 7) is 4.92. The number of hydrogen-bond acceptors (Lipinski definition) is 5. The molecule has 1 heterocycles. The van der Waals surface area contributed by atoms with Crippen molar-refractivity contribution in [2.75, 3.05) is 0 Å². The first-order valence-electron chi connectivity index (χ1n) is 8.01. The summed E-state index contributed by atoms with van der Waals surface area (Å²) < 4.78 is 16.7. The molecule has 0 saturated carbocycles. The van der Waals surface area contributed by atoms with Crippen LogP contribution in [0.4, 0.5) is 0 Å². The van der Waals surface area contributed by atoms with Crippen LogP contribution in [0, 0.1) is 6.92 Å². The molecule has 128 valence electrons. The van der Waals surface area contributed by atoms with Gasteiger partial charge < -0.3 is 13.9 Å². The first-order valence-corrected chi connectivity index (χ1v) is 8.01. The number of hydrogen-bond donors (Lipinski definition) is 0. The van der Waals surface area contributed by atoms with Gasteiger partial charge in [-0.1, -0.05) is 25.1 Å². The maximum atomic E-state index is 12.9. The Labute approximate surface area is 144 Å². The van der Waals surface area contributed by atoms with Gasteiger partial charge in [-0.15, -0.1) is 0 Å². The Hall–Kier alpha value is -3.08. The van der Waals surface area contributed by atoms with Crippen LogP contribution in [0.25, 0.3) is 11.0 Å². The van der Waals surface area contributed by atoms with Crippen LogP contribution in [-0.4, -0.2) is 5.97 Å². The van der Waals surface area contributed by atoms with Crippen LogP contribution >= 0.6 is 0 Å². The van der Waals surface area contributed by atoms with Crippen molar-refractivity contribution in [3.63, 3.8) is 0 Å². The third-order valence-electron chi connectivity index (χ3n) is 3.79. The van der Waals surface area contributed by atoms with E-state index in [0.717, 1.165) is 5.56 Å². The highest BCUT2D eigenvalue weighted by molar-refractivity contribution is 5.82. The van der Waals surface area contributed by atoms with E-state index in [9.17, 15) is 9.59 Å². The minimum absolute atomic E-state index is 0.154. The van der Waals surface area contributed by atoms with Crippen molar-refractivity contribution in [1.82, 2.24) is 0 Å². The monoisotopic (exact) mass is 338 g/mol. The first-order chi connectivity index (χ1) is 12.0. The van der Waals surface area contributed by atoms with Crippen LogP contribution in [-0.2, 0) is 11.2 Å². The van der Waals surface area contributed by atoms with Crippen LogP contribution in [0.1, 0.15) is 25.2 Å². The van der Waals surface area contributed by atoms with Gasteiger partial charge in [0, 0.05) is 13.0 Å². The molecule has 0 aliphatic rings. The number of rotatable bonds is 4. The predicted molar refractivity (Wildman–Crippen MR) is 94.4 cm³/mol. The van der Waals surface area contributed by atoms with E-state index in [1.807, 2.05) is 25.1 Å². The third-order valence-corrected chi connectivity index (χ3v) is 3.79. The lowest BCUT2D eigenvalue weighted by Crippen LogP contribution is -2.09. The number of benzene rings is 2. The molecular formula is C20H18O5. The largest absolute Gasteiger partial charge is 0.457 e. The predicted octanol–water partition coefficient (Wildman–Crippen LogP) is 4.38. The van der Waals surface area contributed by atoms with Crippen LogP contribution in [0.3, 0.4) is 0 Å². The molecule has 5 nitrogen and oxygen atoms in total. The molecule has 0 saturated heterocycles. The van der Waals surface area contributed by atoms with Gasteiger partial charge in [0.2, 0.25) is 11.2 Å². The average Bonchev–Trinajstić information content (AvgIpc) is 2.58. The number of ether oxygens (including phenoxy) is 2. The lowest BCUT2D eigenvalue weighted by molar-refractivity contribution is -0.131. The Bertz CT molecular complexity index is 986. The minimum atomic E-state index is -0.419. The second kappa shape index (κ2) is 6.81. The summed E-state index contributed by atoms with van der Waals surface area (Å²) in [7, 11) is 0. The highest BCUT2D eigenvalue weighted by Crippen LogP contribution is 2.30. The molecule has 0 N–H and O–H groups in total. The smallest absolute Gasteiger partial charge is 0.308 e. The summed E-state index contributed by atoms with van der Waals surface area (Å²) in [6.07, 6.45) is 0.612. The van der Waals surface area contributed by atoms with Gasteiger partial charge >= 0.3 is 5.97 Å². The topological polar surface area (TPSA) is 65.7 Å². The van der Waals surface area contributed by atoms with E-state index in [4.69, 9.17) is 13.9 Å². The molecule has 0 unspecified atom stereocenters. The van der Waals surface area contributed by atoms with Gasteiger partial charge in [-0.05, 0) is 37.1 Å². The normalized spacial score (nSPS) is 10.7. The molecule has 0 radical (unpaired) electrons. The van der Waals surface area contributed by atoms with Crippen molar-refractivity contribution in [2.45, 2.75) is 27.2 Å². The second-order valence-corrected chi connectivity index (χ2v) is 5.63. The van der Waals surface area contributed by atoms with Gasteiger partial charge in [-0.3, -0.25) is 9.59 Å². The molecule has 0 aliphatic heterocycles. The molecular weight excluding hydrogens is 320 g/mol. The van der Waals surface area contributed by atoms with E-state index in [0.29, 0.717) is 34.6 Å². The van der Waals surface area contributed by atoms with Crippen LogP contribution in [0.15, 0.2) is 51.7 Å².